The molecule has 0 aliphatic heterocycles. The van der Waals surface area contributed by atoms with Gasteiger partial charge < -0.3 is 14.9 Å². The first-order valence-electron chi connectivity index (χ1n) is 7.24. The minimum atomic E-state index is -0.757. The van der Waals surface area contributed by atoms with Gasteiger partial charge in [-0.2, -0.15) is 0 Å². The Morgan fingerprint density at radius 1 is 1.14 bits per heavy atom. The van der Waals surface area contributed by atoms with Gasteiger partial charge in [-0.1, -0.05) is 18.2 Å². The summed E-state index contributed by atoms with van der Waals surface area (Å²) in [7, 11) is 1.66. The number of phenolic OH excluding ortho intramolecular Hbond substituents is 1. The zero-order valence-electron chi connectivity index (χ0n) is 12.2. The van der Waals surface area contributed by atoms with Crippen molar-refractivity contribution in [1.29, 1.82) is 0 Å². The van der Waals surface area contributed by atoms with Gasteiger partial charge >= 0.3 is 0 Å². The highest BCUT2D eigenvalue weighted by Crippen LogP contribution is 2.33. The highest BCUT2D eigenvalue weighted by molar-refractivity contribution is 5.39. The van der Waals surface area contributed by atoms with E-state index in [2.05, 4.69) is 6.07 Å². The Balaban J connectivity index is 1.83. The minimum Gasteiger partial charge on any atom is -0.508 e. The van der Waals surface area contributed by atoms with Crippen LogP contribution in [0.4, 0.5) is 0 Å². The summed E-state index contributed by atoms with van der Waals surface area (Å²) in [5, 5.41) is 20.5. The molecular formula is C18H20O3. The number of phenols is 1. The van der Waals surface area contributed by atoms with E-state index in [1.54, 1.807) is 19.2 Å². The first-order valence-corrected chi connectivity index (χ1v) is 7.24. The Kier molecular flexibility index (Phi) is 3.60. The molecule has 0 amide bonds. The molecule has 1 unspecified atom stereocenters. The predicted octanol–water partition coefficient (Wildman–Crippen LogP) is 2.86. The number of fused-ring (bicyclic) bond motifs is 1. The van der Waals surface area contributed by atoms with Gasteiger partial charge in [-0.25, -0.2) is 0 Å². The molecule has 0 heterocycles. The molecule has 3 rings (SSSR count). The zero-order chi connectivity index (χ0) is 14.9. The van der Waals surface area contributed by atoms with Gasteiger partial charge in [-0.15, -0.1) is 0 Å². The second kappa shape index (κ2) is 5.41. The van der Waals surface area contributed by atoms with Gasteiger partial charge in [0.05, 0.1) is 12.7 Å². The van der Waals surface area contributed by atoms with E-state index in [-0.39, 0.29) is 5.75 Å². The van der Waals surface area contributed by atoms with Crippen molar-refractivity contribution in [3.05, 3.63) is 59.2 Å². The Morgan fingerprint density at radius 3 is 2.76 bits per heavy atom. The first-order chi connectivity index (χ1) is 10.1. The van der Waals surface area contributed by atoms with Crippen LogP contribution in [0.25, 0.3) is 0 Å². The van der Waals surface area contributed by atoms with E-state index in [4.69, 9.17) is 4.74 Å². The van der Waals surface area contributed by atoms with Crippen LogP contribution < -0.4 is 4.74 Å². The fourth-order valence-corrected chi connectivity index (χ4v) is 3.15. The van der Waals surface area contributed by atoms with Crippen LogP contribution in [0.3, 0.4) is 0 Å². The number of benzene rings is 2. The van der Waals surface area contributed by atoms with Crippen LogP contribution >= 0.6 is 0 Å². The predicted molar refractivity (Wildman–Crippen MR) is 81.8 cm³/mol. The highest BCUT2D eigenvalue weighted by atomic mass is 16.5. The number of ether oxygens (including phenoxy) is 1. The fraction of sp³-hybridized carbons (Fsp3) is 0.333. The highest BCUT2D eigenvalue weighted by Gasteiger charge is 2.32. The van der Waals surface area contributed by atoms with Gasteiger partial charge in [0.2, 0.25) is 0 Å². The quantitative estimate of drug-likeness (QED) is 0.911. The number of aromatic hydroxyl groups is 1. The maximum atomic E-state index is 10.9. The van der Waals surface area contributed by atoms with Crippen LogP contribution in [-0.4, -0.2) is 22.9 Å². The van der Waals surface area contributed by atoms with Gasteiger partial charge in [-0.05, 0) is 53.8 Å². The third-order valence-corrected chi connectivity index (χ3v) is 4.24. The number of methoxy groups -OCH3 is 1. The molecule has 1 atom stereocenters. The summed E-state index contributed by atoms with van der Waals surface area (Å²) in [6, 6.07) is 13.2. The first kappa shape index (κ1) is 14.0. The summed E-state index contributed by atoms with van der Waals surface area (Å²) in [4.78, 5) is 0. The molecule has 0 fully saturated rings. The average molecular weight is 284 g/mol. The minimum absolute atomic E-state index is 0.244. The largest absolute Gasteiger partial charge is 0.508 e. The zero-order valence-corrected chi connectivity index (χ0v) is 12.2. The molecule has 2 aromatic carbocycles. The Bertz CT molecular complexity index is 651. The van der Waals surface area contributed by atoms with E-state index >= 15 is 0 Å². The van der Waals surface area contributed by atoms with Crippen molar-refractivity contribution < 1.29 is 14.9 Å². The molecule has 3 heteroatoms. The van der Waals surface area contributed by atoms with Crippen molar-refractivity contribution >= 4 is 0 Å². The fourth-order valence-electron chi connectivity index (χ4n) is 3.15. The maximum absolute atomic E-state index is 10.9. The van der Waals surface area contributed by atoms with E-state index in [0.717, 1.165) is 29.7 Å². The Morgan fingerprint density at radius 2 is 2.00 bits per heavy atom. The molecule has 1 aliphatic carbocycles. The third-order valence-electron chi connectivity index (χ3n) is 4.24. The van der Waals surface area contributed by atoms with Crippen molar-refractivity contribution in [2.45, 2.75) is 31.3 Å². The molecule has 110 valence electrons. The second-order valence-corrected chi connectivity index (χ2v) is 5.88. The van der Waals surface area contributed by atoms with Crippen LogP contribution in [0.5, 0.6) is 11.5 Å². The lowest BCUT2D eigenvalue weighted by Gasteiger charge is -2.34. The molecule has 3 nitrogen and oxygen atoms in total. The van der Waals surface area contributed by atoms with E-state index in [9.17, 15) is 10.2 Å². The van der Waals surface area contributed by atoms with Gasteiger partial charge in [0, 0.05) is 12.8 Å². The van der Waals surface area contributed by atoms with Gasteiger partial charge in [0.15, 0.2) is 0 Å². The van der Waals surface area contributed by atoms with E-state index < -0.39 is 5.60 Å². The molecule has 0 radical (unpaired) electrons. The van der Waals surface area contributed by atoms with Crippen molar-refractivity contribution in [2.24, 2.45) is 0 Å². The monoisotopic (exact) mass is 284 g/mol. The molecule has 0 aromatic heterocycles. The number of hydrogen-bond acceptors (Lipinski definition) is 3. The summed E-state index contributed by atoms with van der Waals surface area (Å²) < 4.78 is 5.27. The van der Waals surface area contributed by atoms with Crippen molar-refractivity contribution in [1.82, 2.24) is 0 Å². The topological polar surface area (TPSA) is 49.7 Å². The second-order valence-electron chi connectivity index (χ2n) is 5.88. The molecule has 1 aliphatic rings. The maximum Gasteiger partial charge on any atom is 0.119 e. The van der Waals surface area contributed by atoms with E-state index in [0.29, 0.717) is 12.8 Å². The molecule has 0 spiro atoms. The lowest BCUT2D eigenvalue weighted by molar-refractivity contribution is 0.0266. The van der Waals surface area contributed by atoms with Crippen LogP contribution in [0.2, 0.25) is 0 Å². The summed E-state index contributed by atoms with van der Waals surface area (Å²) >= 11 is 0. The van der Waals surface area contributed by atoms with Crippen LogP contribution in [0.15, 0.2) is 42.5 Å². The normalized spacial score (nSPS) is 20.9. The smallest absolute Gasteiger partial charge is 0.119 e. The third kappa shape index (κ3) is 3.03. The lowest BCUT2D eigenvalue weighted by atomic mass is 9.77. The standard InChI is InChI=1S/C18H20O3/c1-21-17-6-5-14-7-8-18(20,12-15(14)10-17)11-13-3-2-4-16(19)9-13/h2-6,9-10,19-20H,7-8,11-12H2,1H3. The van der Waals surface area contributed by atoms with Crippen molar-refractivity contribution in [3.8, 4) is 11.5 Å². The number of aliphatic hydroxyl groups is 1. The molecule has 0 saturated carbocycles. The summed E-state index contributed by atoms with van der Waals surface area (Å²) in [5.41, 5.74) is 2.65. The summed E-state index contributed by atoms with van der Waals surface area (Å²) in [6.07, 6.45) is 2.78. The van der Waals surface area contributed by atoms with Crippen molar-refractivity contribution in [3.63, 3.8) is 0 Å². The summed E-state index contributed by atoms with van der Waals surface area (Å²) in [5.74, 6) is 1.07. The van der Waals surface area contributed by atoms with Crippen LogP contribution in [0.1, 0.15) is 23.1 Å². The van der Waals surface area contributed by atoms with Crippen LogP contribution in [-0.2, 0) is 19.3 Å². The molecular weight excluding hydrogens is 264 g/mol. The SMILES string of the molecule is COc1ccc2c(c1)CC(O)(Cc1cccc(O)c1)CC2. The van der Waals surface area contributed by atoms with E-state index in [1.807, 2.05) is 24.3 Å². The Labute approximate surface area is 124 Å². The number of rotatable bonds is 3. The molecule has 0 saturated heterocycles. The van der Waals surface area contributed by atoms with Crippen molar-refractivity contribution in [2.75, 3.05) is 7.11 Å². The molecule has 21 heavy (non-hydrogen) atoms. The van der Waals surface area contributed by atoms with E-state index in [1.165, 1.54) is 5.56 Å². The van der Waals surface area contributed by atoms with Gasteiger partial charge in [0.1, 0.15) is 11.5 Å². The molecule has 2 N–H and O–H groups in total. The van der Waals surface area contributed by atoms with Gasteiger partial charge in [-0.3, -0.25) is 0 Å². The van der Waals surface area contributed by atoms with Gasteiger partial charge in [0.25, 0.3) is 0 Å². The lowest BCUT2D eigenvalue weighted by Crippen LogP contribution is -2.38. The molecule has 2 aromatic rings. The molecule has 0 bridgehead atoms. The average Bonchev–Trinajstić information content (AvgIpc) is 2.46. The van der Waals surface area contributed by atoms with Crippen LogP contribution in [0, 0.1) is 0 Å². The summed E-state index contributed by atoms with van der Waals surface area (Å²) in [6.45, 7) is 0. The number of hydrogen-bond donors (Lipinski definition) is 2. The number of aryl methyl sites for hydroxylation is 1. The Hall–Kier alpha value is -2.00.